The maximum Gasteiger partial charge on any atom is 0.236 e. The van der Waals surface area contributed by atoms with Crippen LogP contribution in [-0.4, -0.2) is 42.4 Å². The number of amides is 1. The molecule has 18 heavy (non-hydrogen) atoms. The molecule has 1 heterocycles. The molecular formula is C13H18FN3O. The second-order valence-corrected chi connectivity index (χ2v) is 4.64. The Hall–Kier alpha value is -1.46. The van der Waals surface area contributed by atoms with E-state index in [-0.39, 0.29) is 11.7 Å². The molecule has 0 saturated carbocycles. The van der Waals surface area contributed by atoms with E-state index < -0.39 is 0 Å². The van der Waals surface area contributed by atoms with Crippen LogP contribution in [0.15, 0.2) is 18.2 Å². The Kier molecular flexibility index (Phi) is 3.93. The summed E-state index contributed by atoms with van der Waals surface area (Å²) in [4.78, 5) is 15.4. The fourth-order valence-corrected chi connectivity index (χ4v) is 2.12. The first kappa shape index (κ1) is 13.0. The van der Waals surface area contributed by atoms with E-state index in [1.807, 2.05) is 7.05 Å². The van der Waals surface area contributed by atoms with Gasteiger partial charge in [-0.05, 0) is 23.3 Å². The molecule has 1 fully saturated rings. The molecule has 1 amide bonds. The molecule has 0 atom stereocenters. The molecule has 0 bridgehead atoms. The number of halogens is 1. The second-order valence-electron chi connectivity index (χ2n) is 4.64. The molecule has 1 aromatic rings. The Bertz CT molecular complexity index is 450. The Balaban J connectivity index is 2.07. The molecule has 0 radical (unpaired) electrons. The molecule has 0 aromatic heterocycles. The first-order valence-corrected chi connectivity index (χ1v) is 6.04. The molecule has 4 nitrogen and oxygen atoms in total. The molecule has 1 aromatic carbocycles. The van der Waals surface area contributed by atoms with Crippen LogP contribution in [0.25, 0.3) is 0 Å². The largest absolute Gasteiger partial charge is 0.343 e. The van der Waals surface area contributed by atoms with E-state index in [0.29, 0.717) is 19.6 Å². The number of hydrogen-bond donors (Lipinski definition) is 1. The van der Waals surface area contributed by atoms with Gasteiger partial charge in [-0.15, -0.1) is 0 Å². The van der Waals surface area contributed by atoms with E-state index in [4.69, 9.17) is 5.73 Å². The van der Waals surface area contributed by atoms with Crippen LogP contribution in [0.1, 0.15) is 11.1 Å². The predicted octanol–water partition coefficient (Wildman–Crippen LogP) is 0.558. The van der Waals surface area contributed by atoms with Crippen molar-refractivity contribution >= 4 is 5.91 Å². The van der Waals surface area contributed by atoms with Crippen molar-refractivity contribution in [2.45, 2.75) is 13.1 Å². The van der Waals surface area contributed by atoms with Crippen LogP contribution in [0.2, 0.25) is 0 Å². The Morgan fingerprint density at radius 1 is 1.33 bits per heavy atom. The van der Waals surface area contributed by atoms with Gasteiger partial charge in [0.1, 0.15) is 5.82 Å². The number of carbonyl (C=O) groups is 1. The van der Waals surface area contributed by atoms with Gasteiger partial charge in [0.05, 0.1) is 6.54 Å². The fourth-order valence-electron chi connectivity index (χ4n) is 2.12. The van der Waals surface area contributed by atoms with Crippen LogP contribution >= 0.6 is 0 Å². The number of piperazine rings is 1. The highest BCUT2D eigenvalue weighted by atomic mass is 19.1. The van der Waals surface area contributed by atoms with Crippen molar-refractivity contribution in [1.82, 2.24) is 9.80 Å². The van der Waals surface area contributed by atoms with Gasteiger partial charge in [0.2, 0.25) is 5.91 Å². The highest BCUT2D eigenvalue weighted by Gasteiger charge is 2.21. The van der Waals surface area contributed by atoms with Crippen LogP contribution in [0.3, 0.4) is 0 Å². The summed E-state index contributed by atoms with van der Waals surface area (Å²) in [5.74, 6) is -0.147. The molecule has 1 saturated heterocycles. The first-order chi connectivity index (χ1) is 8.60. The fraction of sp³-hybridized carbons (Fsp3) is 0.462. The Labute approximate surface area is 106 Å². The van der Waals surface area contributed by atoms with Gasteiger partial charge in [0.25, 0.3) is 0 Å². The number of likely N-dealkylation sites (N-methyl/N-ethyl adjacent to an activating group) is 1. The summed E-state index contributed by atoms with van der Waals surface area (Å²) in [6.45, 7) is 2.95. The Morgan fingerprint density at radius 3 is 2.78 bits per heavy atom. The standard InChI is InChI=1S/C13H18FN3O/c1-16-4-5-17(9-13(16)18)8-10-2-3-12(14)6-11(10)7-15/h2-3,6H,4-5,7-9,15H2,1H3. The van der Waals surface area contributed by atoms with Gasteiger partial charge >= 0.3 is 0 Å². The number of benzene rings is 1. The van der Waals surface area contributed by atoms with Gasteiger partial charge in [0, 0.05) is 33.2 Å². The van der Waals surface area contributed by atoms with Crippen LogP contribution < -0.4 is 5.73 Å². The zero-order valence-corrected chi connectivity index (χ0v) is 10.5. The van der Waals surface area contributed by atoms with Gasteiger partial charge in [-0.25, -0.2) is 4.39 Å². The molecule has 2 N–H and O–H groups in total. The number of nitrogens with two attached hydrogens (primary N) is 1. The molecule has 0 unspecified atom stereocenters. The van der Waals surface area contributed by atoms with Crippen molar-refractivity contribution in [3.8, 4) is 0 Å². The minimum absolute atomic E-state index is 0.123. The lowest BCUT2D eigenvalue weighted by Crippen LogP contribution is -2.48. The van der Waals surface area contributed by atoms with Gasteiger partial charge in [-0.3, -0.25) is 9.69 Å². The van der Waals surface area contributed by atoms with Gasteiger partial charge < -0.3 is 10.6 Å². The number of carbonyl (C=O) groups excluding carboxylic acids is 1. The lowest BCUT2D eigenvalue weighted by atomic mass is 10.1. The summed E-state index contributed by atoms with van der Waals surface area (Å²) in [6.07, 6.45) is 0. The SMILES string of the molecule is CN1CCN(Cc2ccc(F)cc2CN)CC1=O. The zero-order chi connectivity index (χ0) is 13.1. The number of hydrogen-bond acceptors (Lipinski definition) is 3. The van der Waals surface area contributed by atoms with Crippen LogP contribution in [0.4, 0.5) is 4.39 Å². The van der Waals surface area contributed by atoms with Crippen molar-refractivity contribution in [2.24, 2.45) is 5.73 Å². The minimum Gasteiger partial charge on any atom is -0.343 e. The summed E-state index contributed by atoms with van der Waals surface area (Å²) >= 11 is 0. The third kappa shape index (κ3) is 2.86. The van der Waals surface area contributed by atoms with Crippen molar-refractivity contribution in [2.75, 3.05) is 26.7 Å². The summed E-state index contributed by atoms with van der Waals surface area (Å²) in [5.41, 5.74) is 7.42. The van der Waals surface area contributed by atoms with Gasteiger partial charge in [-0.2, -0.15) is 0 Å². The maximum atomic E-state index is 13.1. The number of rotatable bonds is 3. The van der Waals surface area contributed by atoms with Crippen LogP contribution in [-0.2, 0) is 17.9 Å². The average molecular weight is 251 g/mol. The summed E-state index contributed by atoms with van der Waals surface area (Å²) in [5, 5.41) is 0. The van der Waals surface area contributed by atoms with Crippen LogP contribution in [0, 0.1) is 5.82 Å². The summed E-state index contributed by atoms with van der Waals surface area (Å²) < 4.78 is 13.1. The predicted molar refractivity (Wildman–Crippen MR) is 67.2 cm³/mol. The Morgan fingerprint density at radius 2 is 2.11 bits per heavy atom. The molecule has 5 heteroatoms. The molecule has 2 rings (SSSR count). The van der Waals surface area contributed by atoms with E-state index in [1.165, 1.54) is 12.1 Å². The van der Waals surface area contributed by atoms with Crippen LogP contribution in [0.5, 0.6) is 0 Å². The monoisotopic (exact) mass is 251 g/mol. The van der Waals surface area contributed by atoms with E-state index >= 15 is 0 Å². The molecule has 1 aliphatic rings. The second kappa shape index (κ2) is 5.46. The average Bonchev–Trinajstić information content (AvgIpc) is 2.36. The van der Waals surface area contributed by atoms with E-state index in [1.54, 1.807) is 11.0 Å². The highest BCUT2D eigenvalue weighted by molar-refractivity contribution is 5.78. The van der Waals surface area contributed by atoms with Gasteiger partial charge in [-0.1, -0.05) is 6.07 Å². The number of nitrogens with zero attached hydrogens (tertiary/aromatic N) is 2. The molecule has 1 aliphatic heterocycles. The van der Waals surface area contributed by atoms with Crippen molar-refractivity contribution in [3.63, 3.8) is 0 Å². The zero-order valence-electron chi connectivity index (χ0n) is 10.5. The third-order valence-electron chi connectivity index (χ3n) is 3.32. The minimum atomic E-state index is -0.270. The highest BCUT2D eigenvalue weighted by Crippen LogP contribution is 2.14. The lowest BCUT2D eigenvalue weighted by molar-refractivity contribution is -0.134. The molecule has 0 spiro atoms. The molecular weight excluding hydrogens is 233 g/mol. The summed E-state index contributed by atoms with van der Waals surface area (Å²) in [7, 11) is 1.81. The smallest absolute Gasteiger partial charge is 0.236 e. The van der Waals surface area contributed by atoms with Gasteiger partial charge in [0.15, 0.2) is 0 Å². The summed E-state index contributed by atoms with van der Waals surface area (Å²) in [6, 6.07) is 4.65. The van der Waals surface area contributed by atoms with Crippen molar-refractivity contribution < 1.29 is 9.18 Å². The first-order valence-electron chi connectivity index (χ1n) is 6.04. The van der Waals surface area contributed by atoms with E-state index in [2.05, 4.69) is 4.90 Å². The van der Waals surface area contributed by atoms with E-state index in [9.17, 15) is 9.18 Å². The third-order valence-corrected chi connectivity index (χ3v) is 3.32. The molecule has 0 aliphatic carbocycles. The molecule has 98 valence electrons. The van der Waals surface area contributed by atoms with E-state index in [0.717, 1.165) is 24.2 Å². The quantitative estimate of drug-likeness (QED) is 0.854. The lowest BCUT2D eigenvalue weighted by Gasteiger charge is -2.32. The van der Waals surface area contributed by atoms with Crippen molar-refractivity contribution in [1.29, 1.82) is 0 Å². The maximum absolute atomic E-state index is 13.1. The van der Waals surface area contributed by atoms with Crippen molar-refractivity contribution in [3.05, 3.63) is 35.1 Å². The topological polar surface area (TPSA) is 49.6 Å². The normalized spacial score (nSPS) is 17.3.